The van der Waals surface area contributed by atoms with Gasteiger partial charge in [0, 0.05) is 6.04 Å². The largest absolute Gasteiger partial charge is 0.495 e. The van der Waals surface area contributed by atoms with Crippen LogP contribution in [0.1, 0.15) is 36.2 Å². The number of rotatable bonds is 10. The number of carbonyl (C=O) groups is 2. The van der Waals surface area contributed by atoms with Gasteiger partial charge in [0.05, 0.1) is 28.9 Å². The first-order valence-electron chi connectivity index (χ1n) is 11.6. The Morgan fingerprint density at radius 3 is 2.28 bits per heavy atom. The van der Waals surface area contributed by atoms with Crippen LogP contribution in [0.15, 0.2) is 77.7 Å². The summed E-state index contributed by atoms with van der Waals surface area (Å²) in [7, 11) is -2.69. The maximum Gasteiger partial charge on any atom is 0.264 e. The molecule has 0 aliphatic carbocycles. The number of ether oxygens (including phenoxy) is 1. The number of hydrogen-bond acceptors (Lipinski definition) is 5. The first-order chi connectivity index (χ1) is 17.2. The van der Waals surface area contributed by atoms with E-state index in [2.05, 4.69) is 10.6 Å². The van der Waals surface area contributed by atoms with Gasteiger partial charge >= 0.3 is 0 Å². The summed E-state index contributed by atoms with van der Waals surface area (Å²) in [5.74, 6) is -0.635. The van der Waals surface area contributed by atoms with Crippen molar-refractivity contribution in [3.8, 4) is 5.75 Å². The molecule has 2 N–H and O–H groups in total. The molecule has 0 unspecified atom stereocenters. The smallest absolute Gasteiger partial charge is 0.264 e. The predicted molar refractivity (Wildman–Crippen MR) is 141 cm³/mol. The van der Waals surface area contributed by atoms with Crippen molar-refractivity contribution in [1.29, 1.82) is 0 Å². The van der Waals surface area contributed by atoms with E-state index >= 15 is 0 Å². The van der Waals surface area contributed by atoms with Gasteiger partial charge in [0.25, 0.3) is 15.9 Å². The SMILES string of the molecule is CC[C@@H](C)NC(=O)c1ccccc1NC(=O)CN(c1ccccc1OC)S(=O)(=O)c1ccc(C)cc1. The fraction of sp³-hybridized carbons (Fsp3) is 0.259. The molecule has 0 spiro atoms. The van der Waals surface area contributed by atoms with Gasteiger partial charge in [0.15, 0.2) is 0 Å². The summed E-state index contributed by atoms with van der Waals surface area (Å²) in [5, 5.41) is 5.58. The molecule has 0 saturated heterocycles. The van der Waals surface area contributed by atoms with Gasteiger partial charge in [-0.3, -0.25) is 13.9 Å². The minimum atomic E-state index is -4.12. The number of nitrogens with one attached hydrogen (secondary N) is 2. The summed E-state index contributed by atoms with van der Waals surface area (Å²) >= 11 is 0. The van der Waals surface area contributed by atoms with E-state index in [9.17, 15) is 18.0 Å². The third-order valence-electron chi connectivity index (χ3n) is 5.69. The number of nitrogens with zero attached hydrogens (tertiary/aromatic N) is 1. The fourth-order valence-corrected chi connectivity index (χ4v) is 4.92. The van der Waals surface area contributed by atoms with Crippen LogP contribution in [-0.2, 0) is 14.8 Å². The van der Waals surface area contributed by atoms with Crippen LogP contribution in [0.3, 0.4) is 0 Å². The van der Waals surface area contributed by atoms with Crippen molar-refractivity contribution < 1.29 is 22.7 Å². The molecule has 36 heavy (non-hydrogen) atoms. The van der Waals surface area contributed by atoms with Crippen molar-refractivity contribution in [2.24, 2.45) is 0 Å². The molecule has 0 radical (unpaired) electrons. The molecule has 0 bridgehead atoms. The van der Waals surface area contributed by atoms with E-state index in [1.807, 2.05) is 20.8 Å². The van der Waals surface area contributed by atoms with Gasteiger partial charge < -0.3 is 15.4 Å². The number of para-hydroxylation sites is 3. The Morgan fingerprint density at radius 1 is 0.972 bits per heavy atom. The van der Waals surface area contributed by atoms with Gasteiger partial charge in [-0.1, -0.05) is 48.9 Å². The number of anilines is 2. The third-order valence-corrected chi connectivity index (χ3v) is 7.46. The molecule has 0 fully saturated rings. The highest BCUT2D eigenvalue weighted by atomic mass is 32.2. The summed E-state index contributed by atoms with van der Waals surface area (Å²) < 4.78 is 33.7. The average molecular weight is 510 g/mol. The van der Waals surface area contributed by atoms with Crippen LogP contribution in [0.4, 0.5) is 11.4 Å². The molecule has 9 heteroatoms. The first-order valence-corrected chi connectivity index (χ1v) is 13.0. The molecule has 1 atom stereocenters. The Hall–Kier alpha value is -3.85. The Kier molecular flexibility index (Phi) is 8.71. The molecule has 8 nitrogen and oxygen atoms in total. The first kappa shape index (κ1) is 26.7. The lowest BCUT2D eigenvalue weighted by molar-refractivity contribution is -0.114. The minimum Gasteiger partial charge on any atom is -0.495 e. The van der Waals surface area contributed by atoms with Crippen LogP contribution < -0.4 is 19.7 Å². The van der Waals surface area contributed by atoms with E-state index < -0.39 is 22.5 Å². The highest BCUT2D eigenvalue weighted by molar-refractivity contribution is 7.92. The molecule has 3 aromatic carbocycles. The number of aryl methyl sites for hydroxylation is 1. The average Bonchev–Trinajstić information content (AvgIpc) is 2.87. The zero-order valence-corrected chi connectivity index (χ0v) is 21.6. The van der Waals surface area contributed by atoms with Crippen molar-refractivity contribution >= 4 is 33.2 Å². The molecular weight excluding hydrogens is 478 g/mol. The summed E-state index contributed by atoms with van der Waals surface area (Å²) in [4.78, 5) is 26.0. The molecule has 0 aromatic heterocycles. The normalized spacial score (nSPS) is 11.9. The van der Waals surface area contributed by atoms with Crippen molar-refractivity contribution in [2.75, 3.05) is 23.3 Å². The van der Waals surface area contributed by atoms with E-state index in [0.29, 0.717) is 5.75 Å². The lowest BCUT2D eigenvalue weighted by atomic mass is 10.1. The molecule has 0 aliphatic rings. The van der Waals surface area contributed by atoms with Crippen LogP contribution in [-0.4, -0.2) is 39.9 Å². The minimum absolute atomic E-state index is 0.0399. The number of amides is 2. The molecule has 190 valence electrons. The topological polar surface area (TPSA) is 105 Å². The van der Waals surface area contributed by atoms with E-state index in [4.69, 9.17) is 4.74 Å². The second-order valence-corrected chi connectivity index (χ2v) is 10.2. The molecule has 0 saturated carbocycles. The van der Waals surface area contributed by atoms with E-state index in [-0.39, 0.29) is 33.8 Å². The number of sulfonamides is 1. The van der Waals surface area contributed by atoms with Crippen LogP contribution >= 0.6 is 0 Å². The van der Waals surface area contributed by atoms with Gasteiger partial charge in [-0.05, 0) is 56.7 Å². The third kappa shape index (κ3) is 6.23. The van der Waals surface area contributed by atoms with Crippen molar-refractivity contribution in [2.45, 2.75) is 38.1 Å². The molecule has 3 rings (SSSR count). The van der Waals surface area contributed by atoms with E-state index in [0.717, 1.165) is 16.3 Å². The molecular formula is C27H31N3O5S. The van der Waals surface area contributed by atoms with Crippen molar-refractivity contribution in [3.63, 3.8) is 0 Å². The zero-order valence-electron chi connectivity index (χ0n) is 20.8. The highest BCUT2D eigenvalue weighted by Gasteiger charge is 2.29. The maximum absolute atomic E-state index is 13.7. The maximum atomic E-state index is 13.7. The predicted octanol–water partition coefficient (Wildman–Crippen LogP) is 4.37. The quantitative estimate of drug-likeness (QED) is 0.422. The summed E-state index contributed by atoms with van der Waals surface area (Å²) in [6.45, 7) is 5.17. The second kappa shape index (κ2) is 11.7. The van der Waals surface area contributed by atoms with Crippen LogP contribution in [0, 0.1) is 6.92 Å². The van der Waals surface area contributed by atoms with E-state index in [1.165, 1.54) is 19.2 Å². The van der Waals surface area contributed by atoms with Crippen molar-refractivity contribution in [1.82, 2.24) is 5.32 Å². The number of hydrogen-bond donors (Lipinski definition) is 2. The van der Waals surface area contributed by atoms with Crippen LogP contribution in [0.2, 0.25) is 0 Å². The lowest BCUT2D eigenvalue weighted by Gasteiger charge is -2.26. The fourth-order valence-electron chi connectivity index (χ4n) is 3.49. The van der Waals surface area contributed by atoms with Gasteiger partial charge in [-0.25, -0.2) is 8.42 Å². The Balaban J connectivity index is 1.95. The number of methoxy groups -OCH3 is 1. The zero-order chi connectivity index (χ0) is 26.3. The number of carbonyl (C=O) groups excluding carboxylic acids is 2. The monoisotopic (exact) mass is 509 g/mol. The molecule has 0 aliphatic heterocycles. The molecule has 0 heterocycles. The van der Waals surface area contributed by atoms with E-state index in [1.54, 1.807) is 60.7 Å². The highest BCUT2D eigenvalue weighted by Crippen LogP contribution is 2.32. The molecule has 2 amide bonds. The summed E-state index contributed by atoms with van der Waals surface area (Å²) in [6.07, 6.45) is 0.755. The van der Waals surface area contributed by atoms with Gasteiger partial charge in [0.1, 0.15) is 12.3 Å². The Bertz CT molecular complexity index is 1320. The molecule has 3 aromatic rings. The van der Waals surface area contributed by atoms with Gasteiger partial charge in [0.2, 0.25) is 5.91 Å². The van der Waals surface area contributed by atoms with Crippen LogP contribution in [0.5, 0.6) is 5.75 Å². The second-order valence-electron chi connectivity index (χ2n) is 8.37. The Morgan fingerprint density at radius 2 is 1.61 bits per heavy atom. The Labute approximate surface area is 212 Å². The lowest BCUT2D eigenvalue weighted by Crippen LogP contribution is -2.39. The van der Waals surface area contributed by atoms with Gasteiger partial charge in [-0.15, -0.1) is 0 Å². The van der Waals surface area contributed by atoms with Crippen LogP contribution in [0.25, 0.3) is 0 Å². The summed E-state index contributed by atoms with van der Waals surface area (Å²) in [6, 6.07) is 19.5. The standard InChI is InChI=1S/C27H31N3O5S/c1-5-20(3)28-27(32)22-10-6-7-11-23(22)29-26(31)18-30(24-12-8-9-13-25(24)35-4)36(33,34)21-16-14-19(2)15-17-21/h6-17,20H,5,18H2,1-4H3,(H,28,32)(H,29,31)/t20-/m1/s1. The number of benzene rings is 3. The van der Waals surface area contributed by atoms with Gasteiger partial charge in [-0.2, -0.15) is 0 Å². The van der Waals surface area contributed by atoms with Crippen molar-refractivity contribution in [3.05, 3.63) is 83.9 Å². The summed E-state index contributed by atoms with van der Waals surface area (Å²) in [5.41, 5.74) is 1.70.